The lowest BCUT2D eigenvalue weighted by molar-refractivity contribution is -0.301. The third-order valence-corrected chi connectivity index (χ3v) is 13.4. The Balaban J connectivity index is 2.68. The van der Waals surface area contributed by atoms with Gasteiger partial charge in [0.05, 0.1) is 6.61 Å². The lowest BCUT2D eigenvalue weighted by Crippen LogP contribution is -2.61. The first-order valence-electron chi connectivity index (χ1n) is 29.6. The monoisotopic (exact) mass is 1030 g/mol. The second-order valence-electron chi connectivity index (χ2n) is 20.3. The second kappa shape index (κ2) is 49.6. The van der Waals surface area contributed by atoms with E-state index in [0.717, 1.165) is 109 Å². The average molecular weight is 1030 g/mol. The van der Waals surface area contributed by atoms with Crippen LogP contribution in [0.5, 0.6) is 0 Å². The Bertz CT molecular complexity index is 1460. The Morgan fingerprint density at radius 1 is 0.466 bits per heavy atom. The number of hydrogen-bond donors (Lipinski definition) is 3. The van der Waals surface area contributed by atoms with Crippen molar-refractivity contribution in [1.29, 1.82) is 0 Å². The summed E-state index contributed by atoms with van der Waals surface area (Å²) in [5.41, 5.74) is 0. The first-order valence-corrected chi connectivity index (χ1v) is 29.6. The number of unbranched alkanes of at least 4 members (excludes halogenated alkanes) is 28. The molecule has 0 amide bonds. The topological polar surface area (TPSA) is 175 Å². The maximum atomic E-state index is 13.1. The number of carbonyl (C=O) groups is 4. The Kier molecular flexibility index (Phi) is 45.9. The lowest BCUT2D eigenvalue weighted by atomic mass is 9.98. The molecule has 0 spiro atoms. The van der Waals surface area contributed by atoms with E-state index in [-0.39, 0.29) is 25.9 Å². The van der Waals surface area contributed by atoms with Gasteiger partial charge in [-0.1, -0.05) is 223 Å². The molecule has 73 heavy (non-hydrogen) atoms. The molecule has 0 aliphatic carbocycles. The SMILES string of the molecule is CC/C=C\C/C=C\C/C=C\CCCCCCCC(=O)OC(COC(=O)CCCCCCCCCCCCCCCCCCC)COC1OC(C(=O)O)C(O)C(O)C1OC(=O)CCCCCCC/C=C\CCCC. The minimum Gasteiger partial charge on any atom is -0.479 e. The lowest BCUT2D eigenvalue weighted by Gasteiger charge is -2.40. The average Bonchev–Trinajstić information content (AvgIpc) is 3.37. The molecular weight excluding hydrogens is 925 g/mol. The van der Waals surface area contributed by atoms with Crippen molar-refractivity contribution in [2.24, 2.45) is 0 Å². The standard InChI is InChI=1S/C61H106O12/c1-4-7-10-13-16-19-22-24-26-27-29-30-33-35-38-41-44-47-53(62)69-50-52(71-54(63)48-45-42-39-37-34-31-28-25-23-20-17-14-11-8-5-2)51-70-61-59(57(66)56(65)58(73-61)60(67)68)72-55(64)49-46-43-40-36-32-21-18-15-12-9-6-3/h8,11,15,17-18,20,25,28,52,56-59,61,65-66H,4-7,9-10,12-14,16,19,21-24,26-27,29-51H2,1-3H3,(H,67,68)/b11-8-,18-15-,20-17-,28-25-. The number of hydrogen-bond acceptors (Lipinski definition) is 11. The number of carboxylic acids is 1. The molecule has 0 aromatic rings. The van der Waals surface area contributed by atoms with Crippen molar-refractivity contribution in [2.75, 3.05) is 13.2 Å². The van der Waals surface area contributed by atoms with Crippen LogP contribution in [0, 0.1) is 0 Å². The van der Waals surface area contributed by atoms with E-state index in [1.165, 1.54) is 96.3 Å². The molecule has 422 valence electrons. The zero-order valence-electron chi connectivity index (χ0n) is 46.4. The van der Waals surface area contributed by atoms with Crippen molar-refractivity contribution in [3.8, 4) is 0 Å². The van der Waals surface area contributed by atoms with Gasteiger partial charge in [-0.05, 0) is 70.6 Å². The maximum absolute atomic E-state index is 13.1. The van der Waals surface area contributed by atoms with E-state index in [9.17, 15) is 34.5 Å². The number of aliphatic carboxylic acids is 1. The van der Waals surface area contributed by atoms with Gasteiger partial charge in [-0.2, -0.15) is 0 Å². The summed E-state index contributed by atoms with van der Waals surface area (Å²) >= 11 is 0. The van der Waals surface area contributed by atoms with Crippen LogP contribution < -0.4 is 0 Å². The summed E-state index contributed by atoms with van der Waals surface area (Å²) in [5.74, 6) is -3.14. The van der Waals surface area contributed by atoms with Crippen LogP contribution in [0.25, 0.3) is 0 Å². The Hall–Kier alpha value is -3.32. The van der Waals surface area contributed by atoms with Gasteiger partial charge in [0, 0.05) is 19.3 Å². The third kappa shape index (κ3) is 39.7. The van der Waals surface area contributed by atoms with Gasteiger partial charge in [-0.3, -0.25) is 14.4 Å². The molecule has 6 atom stereocenters. The van der Waals surface area contributed by atoms with Crippen LogP contribution >= 0.6 is 0 Å². The summed E-state index contributed by atoms with van der Waals surface area (Å²) in [6.07, 6.45) is 46.6. The Morgan fingerprint density at radius 2 is 0.877 bits per heavy atom. The number of carboxylic acid groups (broad SMARTS) is 1. The minimum absolute atomic E-state index is 0.0490. The first-order chi connectivity index (χ1) is 35.6. The number of ether oxygens (including phenoxy) is 5. The number of allylic oxidation sites excluding steroid dienone is 8. The number of carbonyl (C=O) groups excluding carboxylic acids is 3. The molecule has 1 aliphatic rings. The van der Waals surface area contributed by atoms with Gasteiger partial charge in [-0.25, -0.2) is 4.79 Å². The predicted molar refractivity (Wildman–Crippen MR) is 294 cm³/mol. The zero-order valence-corrected chi connectivity index (χ0v) is 46.4. The van der Waals surface area contributed by atoms with E-state index in [1.807, 2.05) is 0 Å². The molecule has 12 heteroatoms. The number of esters is 3. The van der Waals surface area contributed by atoms with Crippen LogP contribution in [0.3, 0.4) is 0 Å². The van der Waals surface area contributed by atoms with Crippen LogP contribution in [0.2, 0.25) is 0 Å². The molecule has 0 radical (unpaired) electrons. The minimum atomic E-state index is -1.91. The molecule has 3 N–H and O–H groups in total. The zero-order chi connectivity index (χ0) is 53.3. The summed E-state index contributed by atoms with van der Waals surface area (Å²) in [6.45, 7) is 5.84. The van der Waals surface area contributed by atoms with Crippen molar-refractivity contribution < 1.29 is 58.2 Å². The van der Waals surface area contributed by atoms with Gasteiger partial charge in [-0.15, -0.1) is 0 Å². The molecule has 1 aliphatic heterocycles. The summed E-state index contributed by atoms with van der Waals surface area (Å²) in [4.78, 5) is 51.0. The van der Waals surface area contributed by atoms with Gasteiger partial charge in [0.25, 0.3) is 0 Å². The fourth-order valence-corrected chi connectivity index (χ4v) is 8.83. The largest absolute Gasteiger partial charge is 0.479 e. The highest BCUT2D eigenvalue weighted by molar-refractivity contribution is 5.74. The predicted octanol–water partition coefficient (Wildman–Crippen LogP) is 15.0. The van der Waals surface area contributed by atoms with Crippen molar-refractivity contribution in [2.45, 2.75) is 302 Å². The molecule has 1 saturated heterocycles. The van der Waals surface area contributed by atoms with Gasteiger partial charge in [0.2, 0.25) is 0 Å². The summed E-state index contributed by atoms with van der Waals surface area (Å²) < 4.78 is 28.4. The molecule has 0 aromatic carbocycles. The third-order valence-electron chi connectivity index (χ3n) is 13.4. The molecule has 0 bridgehead atoms. The molecule has 12 nitrogen and oxygen atoms in total. The van der Waals surface area contributed by atoms with E-state index in [0.29, 0.717) is 19.3 Å². The molecule has 1 heterocycles. The normalized spacial score (nSPS) is 18.6. The van der Waals surface area contributed by atoms with E-state index in [4.69, 9.17) is 23.7 Å². The molecular formula is C61H106O12. The highest BCUT2D eigenvalue weighted by Gasteiger charge is 2.50. The fourth-order valence-electron chi connectivity index (χ4n) is 8.83. The molecule has 0 saturated carbocycles. The van der Waals surface area contributed by atoms with E-state index < -0.39 is 67.3 Å². The summed E-state index contributed by atoms with van der Waals surface area (Å²) in [5, 5.41) is 31.4. The van der Waals surface area contributed by atoms with Gasteiger partial charge >= 0.3 is 23.9 Å². The first kappa shape index (κ1) is 67.7. The van der Waals surface area contributed by atoms with Gasteiger partial charge in [0.15, 0.2) is 24.6 Å². The Morgan fingerprint density at radius 3 is 1.37 bits per heavy atom. The van der Waals surface area contributed by atoms with Crippen molar-refractivity contribution >= 4 is 23.9 Å². The van der Waals surface area contributed by atoms with Crippen LogP contribution in [0.15, 0.2) is 48.6 Å². The van der Waals surface area contributed by atoms with Crippen LogP contribution in [-0.2, 0) is 42.9 Å². The number of aliphatic hydroxyl groups is 2. The van der Waals surface area contributed by atoms with Gasteiger partial charge in [0.1, 0.15) is 18.8 Å². The summed E-state index contributed by atoms with van der Waals surface area (Å²) in [6, 6.07) is 0. The molecule has 1 rings (SSSR count). The van der Waals surface area contributed by atoms with E-state index >= 15 is 0 Å². The summed E-state index contributed by atoms with van der Waals surface area (Å²) in [7, 11) is 0. The maximum Gasteiger partial charge on any atom is 0.335 e. The van der Waals surface area contributed by atoms with Crippen LogP contribution in [0.1, 0.15) is 265 Å². The van der Waals surface area contributed by atoms with Gasteiger partial charge < -0.3 is 39.0 Å². The van der Waals surface area contributed by atoms with Crippen molar-refractivity contribution in [3.05, 3.63) is 48.6 Å². The smallest absolute Gasteiger partial charge is 0.335 e. The fraction of sp³-hybridized carbons (Fsp3) is 0.803. The van der Waals surface area contributed by atoms with E-state index in [1.54, 1.807) is 0 Å². The van der Waals surface area contributed by atoms with Crippen LogP contribution in [0.4, 0.5) is 0 Å². The van der Waals surface area contributed by atoms with E-state index in [2.05, 4.69) is 69.4 Å². The molecule has 0 aromatic heterocycles. The van der Waals surface area contributed by atoms with Crippen molar-refractivity contribution in [1.82, 2.24) is 0 Å². The highest BCUT2D eigenvalue weighted by atomic mass is 16.7. The van der Waals surface area contributed by atoms with Crippen LogP contribution in [-0.4, -0.2) is 89.2 Å². The molecule has 1 fully saturated rings. The quantitative estimate of drug-likeness (QED) is 0.0228. The number of aliphatic hydroxyl groups excluding tert-OH is 2. The number of rotatable bonds is 50. The van der Waals surface area contributed by atoms with Crippen molar-refractivity contribution in [3.63, 3.8) is 0 Å². The Labute approximate surface area is 443 Å². The molecule has 6 unspecified atom stereocenters. The highest BCUT2D eigenvalue weighted by Crippen LogP contribution is 2.26. The second-order valence-corrected chi connectivity index (χ2v) is 20.3.